The molecule has 14 heavy (non-hydrogen) atoms. The summed E-state index contributed by atoms with van der Waals surface area (Å²) in [7, 11) is 0. The SMILES string of the molecule is CCC(C)[C@@H](N)c1csc([N+](=O)[O-])c1. The van der Waals surface area contributed by atoms with Crippen molar-refractivity contribution in [2.45, 2.75) is 26.3 Å². The molecule has 0 radical (unpaired) electrons. The fourth-order valence-corrected chi connectivity index (χ4v) is 1.96. The fraction of sp³-hybridized carbons (Fsp3) is 0.556. The minimum absolute atomic E-state index is 0.0926. The second kappa shape index (κ2) is 4.52. The van der Waals surface area contributed by atoms with Gasteiger partial charge in [-0.3, -0.25) is 10.1 Å². The van der Waals surface area contributed by atoms with Gasteiger partial charge in [-0.1, -0.05) is 31.6 Å². The van der Waals surface area contributed by atoms with Gasteiger partial charge < -0.3 is 5.73 Å². The molecule has 1 aromatic heterocycles. The lowest BCUT2D eigenvalue weighted by molar-refractivity contribution is -0.380. The molecule has 1 unspecified atom stereocenters. The van der Waals surface area contributed by atoms with Crippen LogP contribution in [0.5, 0.6) is 0 Å². The van der Waals surface area contributed by atoms with Gasteiger partial charge in [-0.05, 0) is 11.5 Å². The van der Waals surface area contributed by atoms with Crippen LogP contribution in [0, 0.1) is 16.0 Å². The normalized spacial score (nSPS) is 15.1. The molecule has 4 nitrogen and oxygen atoms in total. The van der Waals surface area contributed by atoms with E-state index in [1.165, 1.54) is 0 Å². The quantitative estimate of drug-likeness (QED) is 0.618. The molecule has 0 saturated heterocycles. The molecule has 0 aliphatic heterocycles. The second-order valence-electron chi connectivity index (χ2n) is 3.39. The zero-order valence-corrected chi connectivity index (χ0v) is 9.08. The van der Waals surface area contributed by atoms with E-state index in [0.29, 0.717) is 5.92 Å². The molecule has 0 aromatic carbocycles. The highest BCUT2D eigenvalue weighted by Gasteiger charge is 2.18. The van der Waals surface area contributed by atoms with Crippen molar-refractivity contribution < 1.29 is 4.92 Å². The molecule has 5 heteroatoms. The van der Waals surface area contributed by atoms with Crippen LogP contribution in [-0.4, -0.2) is 4.92 Å². The Morgan fingerprint density at radius 1 is 1.71 bits per heavy atom. The van der Waals surface area contributed by atoms with E-state index in [1.54, 1.807) is 11.4 Å². The molecule has 0 saturated carbocycles. The Labute approximate surface area is 86.9 Å². The highest BCUT2D eigenvalue weighted by Crippen LogP contribution is 2.29. The first kappa shape index (κ1) is 11.1. The Hall–Kier alpha value is -0.940. The van der Waals surface area contributed by atoms with Crippen LogP contribution in [0.3, 0.4) is 0 Å². The summed E-state index contributed by atoms with van der Waals surface area (Å²) in [4.78, 5) is 10.1. The Morgan fingerprint density at radius 3 is 2.79 bits per heavy atom. The maximum absolute atomic E-state index is 10.5. The van der Waals surface area contributed by atoms with Crippen LogP contribution in [0.2, 0.25) is 0 Å². The minimum Gasteiger partial charge on any atom is -0.324 e. The van der Waals surface area contributed by atoms with Crippen molar-refractivity contribution >= 4 is 16.3 Å². The van der Waals surface area contributed by atoms with E-state index in [0.717, 1.165) is 23.3 Å². The number of nitrogens with zero attached hydrogens (tertiary/aromatic N) is 1. The first-order chi connectivity index (χ1) is 6.56. The highest BCUT2D eigenvalue weighted by atomic mass is 32.1. The van der Waals surface area contributed by atoms with Crippen molar-refractivity contribution in [1.82, 2.24) is 0 Å². The molecular weight excluding hydrogens is 200 g/mol. The summed E-state index contributed by atoms with van der Waals surface area (Å²) in [5.74, 6) is 0.351. The van der Waals surface area contributed by atoms with Gasteiger partial charge in [0.15, 0.2) is 0 Å². The maximum atomic E-state index is 10.5. The number of nitro groups is 1. The number of hydrogen-bond acceptors (Lipinski definition) is 4. The topological polar surface area (TPSA) is 69.2 Å². The van der Waals surface area contributed by atoms with Crippen LogP contribution in [0.4, 0.5) is 5.00 Å². The van der Waals surface area contributed by atoms with Crippen LogP contribution in [0.15, 0.2) is 11.4 Å². The van der Waals surface area contributed by atoms with E-state index >= 15 is 0 Å². The van der Waals surface area contributed by atoms with Crippen molar-refractivity contribution in [1.29, 1.82) is 0 Å². The van der Waals surface area contributed by atoms with Crippen LogP contribution in [0.1, 0.15) is 31.9 Å². The van der Waals surface area contributed by atoms with E-state index in [4.69, 9.17) is 5.73 Å². The Bertz CT molecular complexity index is 324. The van der Waals surface area contributed by atoms with Crippen molar-refractivity contribution in [3.8, 4) is 0 Å². The van der Waals surface area contributed by atoms with E-state index in [1.807, 2.05) is 6.92 Å². The van der Waals surface area contributed by atoms with Crippen molar-refractivity contribution in [3.05, 3.63) is 27.1 Å². The number of rotatable bonds is 4. The van der Waals surface area contributed by atoms with Gasteiger partial charge in [-0.25, -0.2) is 0 Å². The molecule has 0 aliphatic rings. The summed E-state index contributed by atoms with van der Waals surface area (Å²) in [5, 5.41) is 12.4. The third-order valence-electron chi connectivity index (χ3n) is 2.43. The van der Waals surface area contributed by atoms with Gasteiger partial charge in [0, 0.05) is 17.5 Å². The summed E-state index contributed by atoms with van der Waals surface area (Å²) in [6.45, 7) is 4.11. The standard InChI is InChI=1S/C9H14N2O2S/c1-3-6(2)9(10)7-4-8(11(12)13)14-5-7/h4-6,9H,3,10H2,1-2H3/t6?,9-/m1/s1. The van der Waals surface area contributed by atoms with Gasteiger partial charge in [0.2, 0.25) is 0 Å². The largest absolute Gasteiger partial charge is 0.324 e. The average Bonchev–Trinajstić information content (AvgIpc) is 2.64. The van der Waals surface area contributed by atoms with E-state index in [-0.39, 0.29) is 16.0 Å². The fourth-order valence-electron chi connectivity index (χ4n) is 1.19. The van der Waals surface area contributed by atoms with E-state index in [2.05, 4.69) is 6.92 Å². The lowest BCUT2D eigenvalue weighted by Crippen LogP contribution is -2.17. The molecule has 0 bridgehead atoms. The number of hydrogen-bond donors (Lipinski definition) is 1. The smallest absolute Gasteiger partial charge is 0.324 e. The molecule has 1 rings (SSSR count). The summed E-state index contributed by atoms with van der Waals surface area (Å²) >= 11 is 1.13. The lowest BCUT2D eigenvalue weighted by atomic mass is 9.95. The highest BCUT2D eigenvalue weighted by molar-refractivity contribution is 7.13. The first-order valence-corrected chi connectivity index (χ1v) is 5.42. The summed E-state index contributed by atoms with van der Waals surface area (Å²) < 4.78 is 0. The second-order valence-corrected chi connectivity index (χ2v) is 4.28. The van der Waals surface area contributed by atoms with Crippen LogP contribution in [0.25, 0.3) is 0 Å². The monoisotopic (exact) mass is 214 g/mol. The van der Waals surface area contributed by atoms with Gasteiger partial charge in [-0.2, -0.15) is 0 Å². The van der Waals surface area contributed by atoms with Crippen molar-refractivity contribution in [2.75, 3.05) is 0 Å². The third kappa shape index (κ3) is 2.30. The van der Waals surface area contributed by atoms with Gasteiger partial charge >= 0.3 is 5.00 Å². The maximum Gasteiger partial charge on any atom is 0.324 e. The molecule has 2 N–H and O–H groups in total. The summed E-state index contributed by atoms with van der Waals surface area (Å²) in [6.07, 6.45) is 0.977. The van der Waals surface area contributed by atoms with Gasteiger partial charge in [0.1, 0.15) is 0 Å². The third-order valence-corrected chi connectivity index (χ3v) is 3.33. The van der Waals surface area contributed by atoms with E-state index in [9.17, 15) is 10.1 Å². The van der Waals surface area contributed by atoms with E-state index < -0.39 is 0 Å². The number of thiophene rings is 1. The molecule has 0 spiro atoms. The Balaban J connectivity index is 2.81. The van der Waals surface area contributed by atoms with Crippen LogP contribution in [-0.2, 0) is 0 Å². The average molecular weight is 214 g/mol. The Morgan fingerprint density at radius 2 is 2.36 bits per heavy atom. The minimum atomic E-state index is -0.377. The summed E-state index contributed by atoms with van der Waals surface area (Å²) in [5.41, 5.74) is 6.82. The molecule has 2 atom stereocenters. The predicted octanol–water partition coefficient (Wildman–Crippen LogP) is 2.70. The van der Waals surface area contributed by atoms with Crippen molar-refractivity contribution in [3.63, 3.8) is 0 Å². The predicted molar refractivity (Wildman–Crippen MR) is 57.4 cm³/mol. The zero-order chi connectivity index (χ0) is 10.7. The van der Waals surface area contributed by atoms with Crippen LogP contribution >= 0.6 is 11.3 Å². The molecule has 1 heterocycles. The van der Waals surface area contributed by atoms with Crippen molar-refractivity contribution in [2.24, 2.45) is 11.7 Å². The zero-order valence-electron chi connectivity index (χ0n) is 8.27. The van der Waals surface area contributed by atoms with Gasteiger partial charge in [0.05, 0.1) is 4.92 Å². The molecular formula is C9H14N2O2S. The molecule has 0 aliphatic carbocycles. The molecule has 78 valence electrons. The molecule has 1 aromatic rings. The Kier molecular flexibility index (Phi) is 3.60. The lowest BCUT2D eigenvalue weighted by Gasteiger charge is -2.16. The first-order valence-electron chi connectivity index (χ1n) is 4.54. The van der Waals surface area contributed by atoms with Gasteiger partial charge in [0.25, 0.3) is 0 Å². The van der Waals surface area contributed by atoms with Crippen LogP contribution < -0.4 is 5.73 Å². The number of nitrogens with two attached hydrogens (primary N) is 1. The summed E-state index contributed by atoms with van der Waals surface area (Å²) in [6, 6.07) is 1.48. The molecule has 0 amide bonds. The molecule has 0 fully saturated rings. The van der Waals surface area contributed by atoms with Gasteiger partial charge in [-0.15, -0.1) is 0 Å².